The van der Waals surface area contributed by atoms with Gasteiger partial charge < -0.3 is 4.42 Å². The molecule has 2 heteroatoms. The quantitative estimate of drug-likeness (QED) is 0.327. The highest BCUT2D eigenvalue weighted by Crippen LogP contribution is 2.40. The fourth-order valence-electron chi connectivity index (χ4n) is 3.95. The second-order valence-corrected chi connectivity index (χ2v) is 7.46. The van der Waals surface area contributed by atoms with Gasteiger partial charge in [-0.2, -0.15) is 0 Å². The van der Waals surface area contributed by atoms with E-state index in [4.69, 9.17) is 9.40 Å². The Bertz CT molecular complexity index is 1280. The van der Waals surface area contributed by atoms with E-state index in [2.05, 4.69) is 80.6 Å². The van der Waals surface area contributed by atoms with E-state index in [0.29, 0.717) is 5.71 Å². The van der Waals surface area contributed by atoms with Crippen LogP contribution in [0.15, 0.2) is 95.4 Å². The summed E-state index contributed by atoms with van der Waals surface area (Å²) in [5, 5.41) is 1.03. The van der Waals surface area contributed by atoms with Crippen molar-refractivity contribution in [1.82, 2.24) is 4.98 Å². The Morgan fingerprint density at radius 2 is 1.24 bits per heavy atom. The summed E-state index contributed by atoms with van der Waals surface area (Å²) >= 11 is 0. The first kappa shape index (κ1) is 17.4. The molecule has 0 aliphatic heterocycles. The predicted molar refractivity (Wildman–Crippen MR) is 120 cm³/mol. The SMILES string of the molecule is Cc1cc(C)cc(-c2ccc3c(-c4ccccc4)c(-c4ccccc4)oc3n2)c1. The van der Waals surface area contributed by atoms with Gasteiger partial charge in [-0.3, -0.25) is 0 Å². The number of benzene rings is 3. The topological polar surface area (TPSA) is 26.0 Å². The van der Waals surface area contributed by atoms with Crippen molar-refractivity contribution in [2.24, 2.45) is 0 Å². The summed E-state index contributed by atoms with van der Waals surface area (Å²) in [5.74, 6) is 0.858. The van der Waals surface area contributed by atoms with Crippen molar-refractivity contribution in [3.05, 3.63) is 102 Å². The molecule has 5 aromatic rings. The van der Waals surface area contributed by atoms with Crippen molar-refractivity contribution < 1.29 is 4.42 Å². The Hall–Kier alpha value is -3.65. The van der Waals surface area contributed by atoms with Crippen LogP contribution in [-0.4, -0.2) is 4.98 Å². The van der Waals surface area contributed by atoms with Crippen LogP contribution >= 0.6 is 0 Å². The van der Waals surface area contributed by atoms with Crippen molar-refractivity contribution >= 4 is 11.1 Å². The maximum absolute atomic E-state index is 6.35. The van der Waals surface area contributed by atoms with Gasteiger partial charge in [0.2, 0.25) is 5.71 Å². The molecule has 0 bridgehead atoms. The zero-order valence-corrected chi connectivity index (χ0v) is 16.5. The molecule has 0 radical (unpaired) electrons. The number of hydrogen-bond acceptors (Lipinski definition) is 2. The number of fused-ring (bicyclic) bond motifs is 1. The molecule has 0 aliphatic rings. The van der Waals surface area contributed by atoms with Gasteiger partial charge in [0.05, 0.1) is 5.69 Å². The van der Waals surface area contributed by atoms with Gasteiger partial charge in [-0.25, -0.2) is 4.98 Å². The number of rotatable bonds is 3. The molecule has 0 aliphatic carbocycles. The van der Waals surface area contributed by atoms with Crippen LogP contribution in [-0.2, 0) is 0 Å². The van der Waals surface area contributed by atoms with E-state index in [-0.39, 0.29) is 0 Å². The van der Waals surface area contributed by atoms with Crippen LogP contribution in [0, 0.1) is 13.8 Å². The molecule has 140 valence electrons. The first-order valence-corrected chi connectivity index (χ1v) is 9.82. The number of pyridine rings is 1. The lowest BCUT2D eigenvalue weighted by atomic mass is 9.98. The molecule has 2 heterocycles. The molecule has 0 unspecified atom stereocenters. The van der Waals surface area contributed by atoms with E-state index >= 15 is 0 Å². The van der Waals surface area contributed by atoms with E-state index in [0.717, 1.165) is 39.1 Å². The molecule has 0 saturated heterocycles. The summed E-state index contributed by atoms with van der Waals surface area (Å²) in [5.41, 5.74) is 8.45. The summed E-state index contributed by atoms with van der Waals surface area (Å²) in [6.07, 6.45) is 0. The van der Waals surface area contributed by atoms with E-state index in [1.165, 1.54) is 11.1 Å². The zero-order valence-electron chi connectivity index (χ0n) is 16.5. The number of nitrogens with zero attached hydrogens (tertiary/aromatic N) is 1. The maximum Gasteiger partial charge on any atom is 0.227 e. The first-order valence-electron chi connectivity index (χ1n) is 9.82. The fraction of sp³-hybridized carbons (Fsp3) is 0.0741. The van der Waals surface area contributed by atoms with Crippen molar-refractivity contribution in [1.29, 1.82) is 0 Å². The van der Waals surface area contributed by atoms with E-state index in [1.807, 2.05) is 24.3 Å². The third-order valence-electron chi connectivity index (χ3n) is 5.17. The highest BCUT2D eigenvalue weighted by molar-refractivity contribution is 6.01. The van der Waals surface area contributed by atoms with Crippen LogP contribution in [0.4, 0.5) is 0 Å². The monoisotopic (exact) mass is 375 g/mol. The average Bonchev–Trinajstić information content (AvgIpc) is 3.13. The molecule has 0 N–H and O–H groups in total. The largest absolute Gasteiger partial charge is 0.437 e. The van der Waals surface area contributed by atoms with Crippen molar-refractivity contribution in [2.45, 2.75) is 13.8 Å². The summed E-state index contributed by atoms with van der Waals surface area (Å²) in [6.45, 7) is 4.23. The minimum atomic E-state index is 0.666. The minimum absolute atomic E-state index is 0.666. The smallest absolute Gasteiger partial charge is 0.227 e. The molecule has 2 nitrogen and oxygen atoms in total. The standard InChI is InChI=1S/C27H21NO/c1-18-15-19(2)17-22(16-18)24-14-13-23-25(20-9-5-3-6-10-20)26(29-27(23)28-24)21-11-7-4-8-12-21/h3-17H,1-2H3. The molecule has 0 fully saturated rings. The highest BCUT2D eigenvalue weighted by atomic mass is 16.3. The Labute approximate surface area is 170 Å². The van der Waals surface area contributed by atoms with Crippen LogP contribution in [0.25, 0.3) is 44.8 Å². The van der Waals surface area contributed by atoms with Crippen LogP contribution in [0.5, 0.6) is 0 Å². The lowest BCUT2D eigenvalue weighted by Crippen LogP contribution is -1.86. The van der Waals surface area contributed by atoms with Crippen LogP contribution in [0.1, 0.15) is 11.1 Å². The van der Waals surface area contributed by atoms with E-state index < -0.39 is 0 Å². The van der Waals surface area contributed by atoms with Gasteiger partial charge in [0.1, 0.15) is 5.76 Å². The summed E-state index contributed by atoms with van der Waals surface area (Å²) in [6, 6.07) is 31.4. The summed E-state index contributed by atoms with van der Waals surface area (Å²) in [7, 11) is 0. The molecule has 0 saturated carbocycles. The summed E-state index contributed by atoms with van der Waals surface area (Å²) < 4.78 is 6.35. The van der Waals surface area contributed by atoms with Crippen molar-refractivity contribution in [3.63, 3.8) is 0 Å². The third kappa shape index (κ3) is 3.23. The Balaban J connectivity index is 1.76. The molecule has 29 heavy (non-hydrogen) atoms. The van der Waals surface area contributed by atoms with Crippen molar-refractivity contribution in [3.8, 4) is 33.7 Å². The number of hydrogen-bond donors (Lipinski definition) is 0. The zero-order chi connectivity index (χ0) is 19.8. The number of furan rings is 1. The van der Waals surface area contributed by atoms with Gasteiger partial charge in [-0.05, 0) is 43.7 Å². The maximum atomic E-state index is 6.35. The number of aromatic nitrogens is 1. The van der Waals surface area contributed by atoms with Gasteiger partial charge in [0.15, 0.2) is 0 Å². The Morgan fingerprint density at radius 1 is 0.621 bits per heavy atom. The van der Waals surface area contributed by atoms with Crippen LogP contribution < -0.4 is 0 Å². The van der Waals surface area contributed by atoms with Crippen LogP contribution in [0.2, 0.25) is 0 Å². The molecule has 2 aromatic heterocycles. The van der Waals surface area contributed by atoms with Gasteiger partial charge >= 0.3 is 0 Å². The molecular formula is C27H21NO. The van der Waals surface area contributed by atoms with E-state index in [9.17, 15) is 0 Å². The normalized spacial score (nSPS) is 11.1. The molecular weight excluding hydrogens is 354 g/mol. The average molecular weight is 375 g/mol. The molecule has 0 atom stereocenters. The molecule has 0 spiro atoms. The lowest BCUT2D eigenvalue weighted by Gasteiger charge is -2.05. The third-order valence-corrected chi connectivity index (χ3v) is 5.17. The summed E-state index contributed by atoms with van der Waals surface area (Å²) in [4.78, 5) is 4.89. The van der Waals surface area contributed by atoms with Gasteiger partial charge in [0.25, 0.3) is 0 Å². The first-order chi connectivity index (χ1) is 14.2. The minimum Gasteiger partial charge on any atom is -0.437 e. The van der Waals surface area contributed by atoms with Gasteiger partial charge in [0, 0.05) is 22.1 Å². The van der Waals surface area contributed by atoms with Gasteiger partial charge in [-0.1, -0.05) is 77.9 Å². The number of aryl methyl sites for hydroxylation is 2. The second kappa shape index (κ2) is 7.06. The Kier molecular flexibility index (Phi) is 4.25. The van der Waals surface area contributed by atoms with E-state index in [1.54, 1.807) is 0 Å². The second-order valence-electron chi connectivity index (χ2n) is 7.46. The van der Waals surface area contributed by atoms with Gasteiger partial charge in [-0.15, -0.1) is 0 Å². The lowest BCUT2D eigenvalue weighted by molar-refractivity contribution is 0.620. The Morgan fingerprint density at radius 3 is 1.90 bits per heavy atom. The van der Waals surface area contributed by atoms with Crippen LogP contribution in [0.3, 0.4) is 0 Å². The fourth-order valence-corrected chi connectivity index (χ4v) is 3.95. The molecule has 3 aromatic carbocycles. The van der Waals surface area contributed by atoms with Crippen molar-refractivity contribution in [2.75, 3.05) is 0 Å². The predicted octanol–water partition coefficient (Wildman–Crippen LogP) is 7.45. The molecule has 0 amide bonds. The molecule has 5 rings (SSSR count). The highest BCUT2D eigenvalue weighted by Gasteiger charge is 2.19.